The average molecular weight is 489 g/mol. The zero-order chi connectivity index (χ0) is 24.6. The van der Waals surface area contributed by atoms with Gasteiger partial charge in [-0.15, -0.1) is 0 Å². The van der Waals surface area contributed by atoms with Gasteiger partial charge in [-0.3, -0.25) is 9.59 Å². The average Bonchev–Trinajstić information content (AvgIpc) is 3.54. The van der Waals surface area contributed by atoms with Gasteiger partial charge in [0.1, 0.15) is 18.7 Å². The molecule has 2 N–H and O–H groups in total. The molecule has 3 amide bonds. The Morgan fingerprint density at radius 3 is 2.69 bits per heavy atom. The third kappa shape index (κ3) is 3.98. The first-order valence-electron chi connectivity index (χ1n) is 13.0. The Morgan fingerprint density at radius 1 is 1.03 bits per heavy atom. The molecule has 6 rings (SSSR count). The van der Waals surface area contributed by atoms with Gasteiger partial charge in [-0.25, -0.2) is 4.79 Å². The van der Waals surface area contributed by atoms with Crippen molar-refractivity contribution in [2.24, 2.45) is 0 Å². The minimum absolute atomic E-state index is 0.0633. The topological polar surface area (TPSA) is 91.0 Å². The minimum atomic E-state index is -0.449. The first-order chi connectivity index (χ1) is 17.6. The molecular formula is C28H32N4O4. The molecule has 5 atom stereocenters. The van der Waals surface area contributed by atoms with Crippen molar-refractivity contribution < 1.29 is 19.1 Å². The molecule has 8 nitrogen and oxygen atoms in total. The van der Waals surface area contributed by atoms with E-state index in [1.54, 1.807) is 0 Å². The van der Waals surface area contributed by atoms with Gasteiger partial charge in [0.15, 0.2) is 0 Å². The van der Waals surface area contributed by atoms with Crippen LogP contribution in [0.3, 0.4) is 0 Å². The summed E-state index contributed by atoms with van der Waals surface area (Å²) in [6, 6.07) is 17.1. The maximum atomic E-state index is 13.6. The van der Waals surface area contributed by atoms with Gasteiger partial charge in [0.05, 0.1) is 12.1 Å². The lowest BCUT2D eigenvalue weighted by Gasteiger charge is -2.52. The van der Waals surface area contributed by atoms with Gasteiger partial charge in [-0.2, -0.15) is 0 Å². The van der Waals surface area contributed by atoms with Crippen LogP contribution in [0.15, 0.2) is 54.6 Å². The molecular weight excluding hydrogens is 456 g/mol. The molecule has 4 heterocycles. The summed E-state index contributed by atoms with van der Waals surface area (Å²) in [5.41, 5.74) is 3.27. The monoisotopic (exact) mass is 488 g/mol. The fourth-order valence-corrected chi connectivity index (χ4v) is 6.60. The Balaban J connectivity index is 1.14. The van der Waals surface area contributed by atoms with E-state index < -0.39 is 12.1 Å². The molecule has 2 aromatic carbocycles. The lowest BCUT2D eigenvalue weighted by molar-refractivity contribution is -0.166. The third-order valence-electron chi connectivity index (χ3n) is 8.22. The number of hydrogen-bond acceptors (Lipinski definition) is 5. The van der Waals surface area contributed by atoms with Crippen LogP contribution in [0.2, 0.25) is 0 Å². The van der Waals surface area contributed by atoms with E-state index in [0.717, 1.165) is 24.1 Å². The van der Waals surface area contributed by atoms with E-state index in [0.29, 0.717) is 32.4 Å². The highest BCUT2D eigenvalue weighted by Crippen LogP contribution is 2.48. The highest BCUT2D eigenvalue weighted by Gasteiger charge is 2.56. The van der Waals surface area contributed by atoms with Crippen molar-refractivity contribution in [1.29, 1.82) is 0 Å². The van der Waals surface area contributed by atoms with Crippen LogP contribution in [-0.2, 0) is 20.9 Å². The molecule has 36 heavy (non-hydrogen) atoms. The standard InChI is InChI=1S/C28H32N4O4/c33-26-24-16-20-19-10-4-5-11-21(19)30-25(20)22(32(24)27(34)23-13-7-15-31(23)26)12-6-14-29-28(35)36-17-18-8-2-1-3-9-18/h1-5,8-11,20,22-25,30H,6-7,12-17H2,(H,29,35)/t20?,22-,23+,24-,25?/m0/s1. The number of piperidine rings is 1. The minimum Gasteiger partial charge on any atom is -0.445 e. The van der Waals surface area contributed by atoms with Crippen LogP contribution in [0.5, 0.6) is 0 Å². The Morgan fingerprint density at radius 2 is 1.83 bits per heavy atom. The summed E-state index contributed by atoms with van der Waals surface area (Å²) in [5, 5.41) is 6.51. The molecule has 8 heteroatoms. The van der Waals surface area contributed by atoms with Crippen LogP contribution in [-0.4, -0.2) is 65.0 Å². The summed E-state index contributed by atoms with van der Waals surface area (Å²) in [7, 11) is 0. The maximum Gasteiger partial charge on any atom is 0.407 e. The van der Waals surface area contributed by atoms with E-state index in [-0.39, 0.29) is 42.5 Å². The number of fused-ring (bicyclic) bond motifs is 5. The number of para-hydroxylation sites is 1. The highest BCUT2D eigenvalue weighted by molar-refractivity contribution is 5.98. The molecule has 0 aromatic heterocycles. The van der Waals surface area contributed by atoms with Crippen LogP contribution in [0, 0.1) is 0 Å². The summed E-state index contributed by atoms with van der Waals surface area (Å²) in [4.78, 5) is 43.0. The molecule has 3 saturated heterocycles. The van der Waals surface area contributed by atoms with Gasteiger partial charge in [0, 0.05) is 24.7 Å². The molecule has 3 fully saturated rings. The molecule has 4 aliphatic rings. The number of ether oxygens (including phenoxy) is 1. The van der Waals surface area contributed by atoms with Crippen molar-refractivity contribution >= 4 is 23.6 Å². The number of nitrogens with zero attached hydrogens (tertiary/aromatic N) is 2. The van der Waals surface area contributed by atoms with Gasteiger partial charge in [0.25, 0.3) is 0 Å². The fourth-order valence-electron chi connectivity index (χ4n) is 6.60. The highest BCUT2D eigenvalue weighted by atomic mass is 16.5. The molecule has 2 aromatic rings. The van der Waals surface area contributed by atoms with Gasteiger partial charge in [0.2, 0.25) is 11.8 Å². The number of alkyl carbamates (subject to hydrolysis) is 1. The number of anilines is 1. The molecule has 0 bridgehead atoms. The largest absolute Gasteiger partial charge is 0.445 e. The molecule has 0 aliphatic carbocycles. The van der Waals surface area contributed by atoms with E-state index in [1.807, 2.05) is 52.3 Å². The summed E-state index contributed by atoms with van der Waals surface area (Å²) in [6.45, 7) is 1.36. The number of piperazine rings is 1. The summed E-state index contributed by atoms with van der Waals surface area (Å²) in [5.74, 6) is 0.383. The van der Waals surface area contributed by atoms with Gasteiger partial charge < -0.3 is 25.2 Å². The second-order valence-electron chi connectivity index (χ2n) is 10.2. The molecule has 0 radical (unpaired) electrons. The fraction of sp³-hybridized carbons (Fsp3) is 0.464. The SMILES string of the molecule is O=C(NCCC[C@H]1C2Nc3ccccc3C2C[C@H]2C(=O)N3CCC[C@@H]3C(=O)N21)OCc1ccccc1. The smallest absolute Gasteiger partial charge is 0.407 e. The normalized spacial score (nSPS) is 28.1. The predicted octanol–water partition coefficient (Wildman–Crippen LogP) is 3.25. The lowest BCUT2D eigenvalue weighted by Crippen LogP contribution is -2.70. The number of nitrogens with one attached hydrogen (secondary N) is 2. The van der Waals surface area contributed by atoms with E-state index in [4.69, 9.17) is 4.74 Å². The molecule has 0 spiro atoms. The van der Waals surface area contributed by atoms with Gasteiger partial charge in [-0.1, -0.05) is 48.5 Å². The molecule has 188 valence electrons. The van der Waals surface area contributed by atoms with Crippen molar-refractivity contribution in [3.8, 4) is 0 Å². The Bertz CT molecular complexity index is 1160. The predicted molar refractivity (Wildman–Crippen MR) is 134 cm³/mol. The number of carbonyl (C=O) groups excluding carboxylic acids is 3. The Labute approximate surface area is 211 Å². The number of hydrogen-bond donors (Lipinski definition) is 2. The number of carbonyl (C=O) groups is 3. The molecule has 2 unspecified atom stereocenters. The van der Waals surface area contributed by atoms with Gasteiger partial charge in [-0.05, 0) is 49.3 Å². The van der Waals surface area contributed by atoms with Crippen LogP contribution in [0.1, 0.15) is 49.1 Å². The van der Waals surface area contributed by atoms with Crippen molar-refractivity contribution in [1.82, 2.24) is 15.1 Å². The Hall–Kier alpha value is -3.55. The number of amides is 3. The number of benzene rings is 2. The van der Waals surface area contributed by atoms with Gasteiger partial charge >= 0.3 is 6.09 Å². The maximum absolute atomic E-state index is 13.6. The quantitative estimate of drug-likeness (QED) is 0.610. The van der Waals surface area contributed by atoms with Crippen LogP contribution in [0.4, 0.5) is 10.5 Å². The third-order valence-corrected chi connectivity index (χ3v) is 8.22. The molecule has 4 aliphatic heterocycles. The zero-order valence-electron chi connectivity index (χ0n) is 20.3. The summed E-state index contributed by atoms with van der Waals surface area (Å²) in [6.07, 6.45) is 3.22. The van der Waals surface area contributed by atoms with Crippen molar-refractivity contribution in [2.75, 3.05) is 18.4 Å². The van der Waals surface area contributed by atoms with E-state index in [9.17, 15) is 14.4 Å². The lowest BCUT2D eigenvalue weighted by atomic mass is 9.77. The van der Waals surface area contributed by atoms with Crippen molar-refractivity contribution in [2.45, 2.75) is 68.8 Å². The van der Waals surface area contributed by atoms with Crippen molar-refractivity contribution in [3.63, 3.8) is 0 Å². The van der Waals surface area contributed by atoms with E-state index in [1.165, 1.54) is 5.56 Å². The van der Waals surface area contributed by atoms with Crippen LogP contribution in [0.25, 0.3) is 0 Å². The first-order valence-corrected chi connectivity index (χ1v) is 13.0. The summed E-state index contributed by atoms with van der Waals surface area (Å²) >= 11 is 0. The van der Waals surface area contributed by atoms with E-state index in [2.05, 4.69) is 22.8 Å². The first kappa shape index (κ1) is 22.9. The van der Waals surface area contributed by atoms with Crippen LogP contribution >= 0.6 is 0 Å². The van der Waals surface area contributed by atoms with Crippen molar-refractivity contribution in [3.05, 3.63) is 65.7 Å². The Kier molecular flexibility index (Phi) is 6.03. The second kappa shape index (κ2) is 9.48. The molecule has 0 saturated carbocycles. The summed E-state index contributed by atoms with van der Waals surface area (Å²) < 4.78 is 5.32. The van der Waals surface area contributed by atoms with Crippen LogP contribution < -0.4 is 10.6 Å². The van der Waals surface area contributed by atoms with E-state index >= 15 is 0 Å². The number of rotatable bonds is 6. The second-order valence-corrected chi connectivity index (χ2v) is 10.2. The zero-order valence-corrected chi connectivity index (χ0v) is 20.3.